The Morgan fingerprint density at radius 3 is 1.62 bits per heavy atom. The van der Waals surface area contributed by atoms with Gasteiger partial charge in [-0.2, -0.15) is 0 Å². The third-order valence-electron chi connectivity index (χ3n) is 0.995. The lowest BCUT2D eigenvalue weighted by atomic mass is 10.4. The normalized spacial score (nSPS) is 12.2. The molecule has 4 heteroatoms. The molecule has 0 radical (unpaired) electrons. The average Bonchev–Trinajstić information content (AvgIpc) is 2.05. The predicted molar refractivity (Wildman–Crippen MR) is 65.3 cm³/mol. The lowest BCUT2D eigenvalue weighted by Gasteiger charge is -1.84. The van der Waals surface area contributed by atoms with Gasteiger partial charge in [-0.25, -0.2) is 0 Å². The molecule has 0 atom stereocenters. The lowest BCUT2D eigenvalue weighted by Crippen LogP contribution is -1.66. The van der Waals surface area contributed by atoms with Gasteiger partial charge in [0.1, 0.15) is 0 Å². The van der Waals surface area contributed by atoms with E-state index in [4.69, 9.17) is 46.4 Å². The summed E-state index contributed by atoms with van der Waals surface area (Å²) in [5.41, 5.74) is 0. The molecule has 0 aliphatic rings. The summed E-state index contributed by atoms with van der Waals surface area (Å²) in [6.45, 7) is 3.79. The van der Waals surface area contributed by atoms with Crippen molar-refractivity contribution >= 4 is 46.4 Å². The predicted octanol–water partition coefficient (Wildman–Crippen LogP) is 5.13. The van der Waals surface area contributed by atoms with Gasteiger partial charge in [-0.3, -0.25) is 0 Å². The summed E-state index contributed by atoms with van der Waals surface area (Å²) < 4.78 is 0. The van der Waals surface area contributed by atoms with Gasteiger partial charge >= 0.3 is 0 Å². The second-order valence-corrected chi connectivity index (χ2v) is 3.80. The van der Waals surface area contributed by atoms with Crippen LogP contribution in [0.3, 0.4) is 0 Å². The van der Waals surface area contributed by atoms with Gasteiger partial charge < -0.3 is 0 Å². The van der Waals surface area contributed by atoms with Gasteiger partial charge in [-0.15, -0.1) is 23.2 Å². The summed E-state index contributed by atoms with van der Waals surface area (Å²) in [4.78, 5) is 0. The van der Waals surface area contributed by atoms with Gasteiger partial charge in [0.15, 0.2) is 0 Å². The molecule has 0 saturated carbocycles. The van der Waals surface area contributed by atoms with Gasteiger partial charge in [-0.05, 0) is 13.3 Å². The first-order valence-electron chi connectivity index (χ1n) is 3.87. The Labute approximate surface area is 100 Å². The molecule has 0 unspecified atom stereocenters. The fourth-order valence-electron chi connectivity index (χ4n) is 0.334. The van der Waals surface area contributed by atoms with E-state index in [9.17, 15) is 0 Å². The molecule has 0 heterocycles. The highest BCUT2D eigenvalue weighted by Crippen LogP contribution is 2.04. The van der Waals surface area contributed by atoms with Crippen LogP contribution in [0.5, 0.6) is 0 Å². The van der Waals surface area contributed by atoms with Crippen LogP contribution in [-0.4, -0.2) is 11.8 Å². The maximum atomic E-state index is 5.54. The molecule has 0 aliphatic heterocycles. The Bertz CT molecular complexity index is 157. The molecular formula is C9H14Cl4. The lowest BCUT2D eigenvalue weighted by molar-refractivity contribution is 1.19. The number of allylic oxidation sites excluding steroid dienone is 4. The first kappa shape index (κ1) is 16.1. The monoisotopic (exact) mass is 262 g/mol. The summed E-state index contributed by atoms with van der Waals surface area (Å²) in [6, 6.07) is 0. The van der Waals surface area contributed by atoms with Crippen LogP contribution in [0.1, 0.15) is 20.3 Å². The van der Waals surface area contributed by atoms with Crippen molar-refractivity contribution in [3.05, 3.63) is 22.2 Å². The van der Waals surface area contributed by atoms with E-state index in [0.29, 0.717) is 11.8 Å². The standard InChI is InChI=1S/C5H8Cl2.C4H6Cl2/c1-2-5(7)3-4-6;1-4(6)2-3-5/h3H,2,4H2,1H3;2H,3H2,1H3. The molecule has 0 fully saturated rings. The number of alkyl halides is 2. The van der Waals surface area contributed by atoms with Crippen molar-refractivity contribution in [1.29, 1.82) is 0 Å². The van der Waals surface area contributed by atoms with Crippen molar-refractivity contribution in [3.8, 4) is 0 Å². The second kappa shape index (κ2) is 12.6. The van der Waals surface area contributed by atoms with Crippen LogP contribution in [0.4, 0.5) is 0 Å². The van der Waals surface area contributed by atoms with Crippen molar-refractivity contribution in [2.45, 2.75) is 20.3 Å². The van der Waals surface area contributed by atoms with Crippen LogP contribution in [0.2, 0.25) is 0 Å². The zero-order valence-corrected chi connectivity index (χ0v) is 10.8. The van der Waals surface area contributed by atoms with Crippen molar-refractivity contribution in [3.63, 3.8) is 0 Å². The van der Waals surface area contributed by atoms with E-state index in [1.54, 1.807) is 19.1 Å². The van der Waals surface area contributed by atoms with Gasteiger partial charge in [0, 0.05) is 21.8 Å². The van der Waals surface area contributed by atoms with E-state index in [-0.39, 0.29) is 0 Å². The molecular weight excluding hydrogens is 250 g/mol. The van der Waals surface area contributed by atoms with Gasteiger partial charge in [-0.1, -0.05) is 42.3 Å². The summed E-state index contributed by atoms with van der Waals surface area (Å²) >= 11 is 21.4. The highest BCUT2D eigenvalue weighted by Gasteiger charge is 1.80. The molecule has 0 amide bonds. The molecule has 13 heavy (non-hydrogen) atoms. The molecule has 0 nitrogen and oxygen atoms in total. The molecule has 0 aromatic heterocycles. The maximum Gasteiger partial charge on any atom is 0.0418 e. The Morgan fingerprint density at radius 2 is 1.54 bits per heavy atom. The van der Waals surface area contributed by atoms with Crippen LogP contribution in [0.25, 0.3) is 0 Å². The zero-order valence-electron chi connectivity index (χ0n) is 7.79. The fourth-order valence-corrected chi connectivity index (χ4v) is 1.06. The average molecular weight is 264 g/mol. The molecule has 0 rings (SSSR count). The minimum absolute atomic E-state index is 0.509. The van der Waals surface area contributed by atoms with Crippen molar-refractivity contribution < 1.29 is 0 Å². The number of hydrogen-bond acceptors (Lipinski definition) is 0. The summed E-state index contributed by atoms with van der Waals surface area (Å²) in [5, 5.41) is 1.60. The molecule has 0 aromatic carbocycles. The molecule has 0 saturated heterocycles. The van der Waals surface area contributed by atoms with Crippen LogP contribution >= 0.6 is 46.4 Å². The summed E-state index contributed by atoms with van der Waals surface area (Å²) in [7, 11) is 0. The minimum Gasteiger partial charge on any atom is -0.122 e. The van der Waals surface area contributed by atoms with E-state index < -0.39 is 0 Å². The van der Waals surface area contributed by atoms with E-state index in [1.165, 1.54) is 0 Å². The van der Waals surface area contributed by atoms with Crippen LogP contribution in [-0.2, 0) is 0 Å². The van der Waals surface area contributed by atoms with Crippen LogP contribution in [0.15, 0.2) is 22.2 Å². The Balaban J connectivity index is 0. The quantitative estimate of drug-likeness (QED) is 0.620. The SMILES string of the molecule is CC(Cl)=CCCl.CCC(Cl)=CCCl. The number of halogens is 4. The zero-order chi connectivity index (χ0) is 10.7. The summed E-state index contributed by atoms with van der Waals surface area (Å²) in [5.74, 6) is 1.03. The van der Waals surface area contributed by atoms with E-state index >= 15 is 0 Å². The van der Waals surface area contributed by atoms with Crippen molar-refractivity contribution in [1.82, 2.24) is 0 Å². The van der Waals surface area contributed by atoms with Gasteiger partial charge in [0.25, 0.3) is 0 Å². The van der Waals surface area contributed by atoms with Crippen molar-refractivity contribution in [2.75, 3.05) is 11.8 Å². The first-order chi connectivity index (χ1) is 6.08. The maximum absolute atomic E-state index is 5.54. The molecule has 0 N–H and O–H groups in total. The van der Waals surface area contributed by atoms with Crippen LogP contribution < -0.4 is 0 Å². The highest BCUT2D eigenvalue weighted by atomic mass is 35.5. The Hall–Kier alpha value is 0.640. The third kappa shape index (κ3) is 19.2. The second-order valence-electron chi connectivity index (χ2n) is 2.10. The first-order valence-corrected chi connectivity index (χ1v) is 5.69. The number of hydrogen-bond donors (Lipinski definition) is 0. The molecule has 78 valence electrons. The van der Waals surface area contributed by atoms with E-state index in [1.807, 2.05) is 6.92 Å². The molecule has 0 aromatic rings. The fraction of sp³-hybridized carbons (Fsp3) is 0.556. The van der Waals surface area contributed by atoms with E-state index in [2.05, 4.69) is 0 Å². The Kier molecular flexibility index (Phi) is 15.6. The van der Waals surface area contributed by atoms with Gasteiger partial charge in [0.2, 0.25) is 0 Å². The highest BCUT2D eigenvalue weighted by molar-refractivity contribution is 6.30. The number of rotatable bonds is 3. The molecule has 0 spiro atoms. The topological polar surface area (TPSA) is 0 Å². The third-order valence-corrected chi connectivity index (χ3v) is 1.88. The molecule has 0 aliphatic carbocycles. The van der Waals surface area contributed by atoms with Gasteiger partial charge in [0.05, 0.1) is 0 Å². The van der Waals surface area contributed by atoms with Crippen molar-refractivity contribution in [2.24, 2.45) is 0 Å². The Morgan fingerprint density at radius 1 is 1.08 bits per heavy atom. The molecule has 0 bridgehead atoms. The largest absolute Gasteiger partial charge is 0.122 e. The smallest absolute Gasteiger partial charge is 0.0418 e. The minimum atomic E-state index is 0.509. The van der Waals surface area contributed by atoms with E-state index in [0.717, 1.165) is 16.5 Å². The summed E-state index contributed by atoms with van der Waals surface area (Å²) in [6.07, 6.45) is 4.42. The van der Waals surface area contributed by atoms with Crippen LogP contribution in [0, 0.1) is 0 Å².